The highest BCUT2D eigenvalue weighted by Gasteiger charge is 2.36. The lowest BCUT2D eigenvalue weighted by atomic mass is 10.0. The molecule has 2 amide bonds. The summed E-state index contributed by atoms with van der Waals surface area (Å²) in [5.74, 6) is -1.43. The van der Waals surface area contributed by atoms with Crippen LogP contribution in [0.2, 0.25) is 0 Å². The Balaban J connectivity index is 1.86. The Bertz CT molecular complexity index is 1770. The minimum atomic E-state index is -4.32. The van der Waals surface area contributed by atoms with Gasteiger partial charge in [-0.25, -0.2) is 12.8 Å². The molecule has 4 rings (SSSR count). The first-order valence-electron chi connectivity index (χ1n) is 15.5. The Morgan fingerprint density at radius 3 is 2.13 bits per heavy atom. The van der Waals surface area contributed by atoms with Crippen LogP contribution in [0.4, 0.5) is 10.1 Å². The van der Waals surface area contributed by atoms with E-state index in [1.807, 2.05) is 58.0 Å². The van der Waals surface area contributed by atoms with Crippen molar-refractivity contribution in [3.63, 3.8) is 0 Å². The number of sulfonamides is 1. The summed E-state index contributed by atoms with van der Waals surface area (Å²) in [5, 5.41) is 2.97. The second-order valence-electron chi connectivity index (χ2n) is 12.3. The molecule has 0 heterocycles. The van der Waals surface area contributed by atoms with Gasteiger partial charge >= 0.3 is 0 Å². The van der Waals surface area contributed by atoms with E-state index in [0.29, 0.717) is 0 Å². The number of benzene rings is 4. The zero-order valence-electron chi connectivity index (χ0n) is 27.4. The van der Waals surface area contributed by atoms with Gasteiger partial charge in [0, 0.05) is 24.1 Å². The molecule has 10 heteroatoms. The SMILES string of the molecule is CCOc1ccccc1N(CC(=O)N(Cc1ccccc1F)C(Cc1ccccc1)C(=O)NC(C)(C)C)S(=O)(=O)c1ccc(C)cc1. The number of amides is 2. The molecule has 0 aliphatic rings. The van der Waals surface area contributed by atoms with Crippen molar-refractivity contribution in [2.75, 3.05) is 17.5 Å². The van der Waals surface area contributed by atoms with Crippen molar-refractivity contribution in [3.8, 4) is 5.75 Å². The molecule has 0 aliphatic carbocycles. The predicted molar refractivity (Wildman–Crippen MR) is 182 cm³/mol. The summed E-state index contributed by atoms with van der Waals surface area (Å²) in [4.78, 5) is 29.9. The van der Waals surface area contributed by atoms with Gasteiger partial charge in [0.05, 0.1) is 17.2 Å². The van der Waals surface area contributed by atoms with Crippen molar-refractivity contribution in [1.29, 1.82) is 0 Å². The number of nitrogens with zero attached hydrogens (tertiary/aromatic N) is 2. The third-order valence-electron chi connectivity index (χ3n) is 7.39. The molecule has 0 radical (unpaired) electrons. The molecule has 0 saturated carbocycles. The van der Waals surface area contributed by atoms with Crippen LogP contribution in [0.15, 0.2) is 108 Å². The van der Waals surface area contributed by atoms with Crippen molar-refractivity contribution in [2.24, 2.45) is 0 Å². The summed E-state index contributed by atoms with van der Waals surface area (Å²) in [7, 11) is -4.32. The zero-order valence-corrected chi connectivity index (χ0v) is 28.3. The number of rotatable bonds is 13. The average molecular weight is 660 g/mol. The van der Waals surface area contributed by atoms with Crippen LogP contribution >= 0.6 is 0 Å². The smallest absolute Gasteiger partial charge is 0.264 e. The molecule has 4 aromatic rings. The maximum atomic E-state index is 15.1. The van der Waals surface area contributed by atoms with E-state index in [2.05, 4.69) is 5.32 Å². The van der Waals surface area contributed by atoms with E-state index in [0.717, 1.165) is 15.4 Å². The summed E-state index contributed by atoms with van der Waals surface area (Å²) in [5.41, 5.74) is 1.35. The first-order chi connectivity index (χ1) is 22.3. The molecule has 1 atom stereocenters. The number of ether oxygens (including phenoxy) is 1. The van der Waals surface area contributed by atoms with E-state index < -0.39 is 45.8 Å². The van der Waals surface area contributed by atoms with Crippen LogP contribution in [-0.4, -0.2) is 49.9 Å². The Morgan fingerprint density at radius 1 is 0.872 bits per heavy atom. The maximum absolute atomic E-state index is 15.1. The number of halogens is 1. The third kappa shape index (κ3) is 9.19. The number of carbonyl (C=O) groups excluding carboxylic acids is 2. The minimum Gasteiger partial charge on any atom is -0.492 e. The van der Waals surface area contributed by atoms with Crippen LogP contribution in [0, 0.1) is 12.7 Å². The number of aryl methyl sites for hydroxylation is 1. The molecule has 0 saturated heterocycles. The first-order valence-corrected chi connectivity index (χ1v) is 16.9. The van der Waals surface area contributed by atoms with Crippen molar-refractivity contribution < 1.29 is 27.1 Å². The van der Waals surface area contributed by atoms with Crippen LogP contribution in [0.25, 0.3) is 0 Å². The molecule has 248 valence electrons. The molecular formula is C37H42FN3O5S. The van der Waals surface area contributed by atoms with Crippen LogP contribution in [-0.2, 0) is 32.6 Å². The second kappa shape index (κ2) is 15.3. The molecule has 0 spiro atoms. The van der Waals surface area contributed by atoms with Crippen molar-refractivity contribution in [3.05, 3.63) is 126 Å². The van der Waals surface area contributed by atoms with Crippen molar-refractivity contribution in [1.82, 2.24) is 10.2 Å². The molecule has 1 unspecified atom stereocenters. The highest BCUT2D eigenvalue weighted by Crippen LogP contribution is 2.33. The Hall–Kier alpha value is -4.70. The highest BCUT2D eigenvalue weighted by atomic mass is 32.2. The van der Waals surface area contributed by atoms with Gasteiger partial charge < -0.3 is 15.0 Å². The topological polar surface area (TPSA) is 96.0 Å². The Labute approximate surface area is 277 Å². The Kier molecular flexibility index (Phi) is 11.4. The lowest BCUT2D eigenvalue weighted by Crippen LogP contribution is -2.56. The van der Waals surface area contributed by atoms with Gasteiger partial charge in [-0.1, -0.05) is 78.4 Å². The van der Waals surface area contributed by atoms with E-state index in [4.69, 9.17) is 4.74 Å². The lowest BCUT2D eigenvalue weighted by molar-refractivity contribution is -0.140. The summed E-state index contributed by atoms with van der Waals surface area (Å²) in [6.45, 7) is 8.41. The number of para-hydroxylation sites is 2. The van der Waals surface area contributed by atoms with Gasteiger partial charge in [-0.3, -0.25) is 13.9 Å². The molecule has 0 aliphatic heterocycles. The standard InChI is InChI=1S/C37H42FN3O5S/c1-6-46-34-19-13-12-18-32(34)41(47(44,45)30-22-20-27(2)21-23-30)26-35(42)40(25-29-16-10-11-17-31(29)38)33(36(43)39-37(3,4)5)24-28-14-8-7-9-15-28/h7-23,33H,6,24-26H2,1-5H3,(H,39,43). The number of nitrogens with one attached hydrogen (secondary N) is 1. The number of hydrogen-bond acceptors (Lipinski definition) is 5. The molecule has 4 aromatic carbocycles. The zero-order chi connectivity index (χ0) is 34.2. The molecule has 0 fully saturated rings. The molecule has 0 aromatic heterocycles. The van der Waals surface area contributed by atoms with Crippen molar-refractivity contribution in [2.45, 2.75) is 64.1 Å². The van der Waals surface area contributed by atoms with Gasteiger partial charge in [0.15, 0.2) is 0 Å². The summed E-state index contributed by atoms with van der Waals surface area (Å²) in [6.07, 6.45) is 0.114. The monoisotopic (exact) mass is 659 g/mol. The van der Waals surface area contributed by atoms with Gasteiger partial charge in [-0.05, 0) is 70.5 Å². The third-order valence-corrected chi connectivity index (χ3v) is 9.16. The minimum absolute atomic E-state index is 0.0193. The van der Waals surface area contributed by atoms with Gasteiger partial charge in [0.25, 0.3) is 10.0 Å². The van der Waals surface area contributed by atoms with Crippen LogP contribution < -0.4 is 14.4 Å². The average Bonchev–Trinajstić information content (AvgIpc) is 3.02. The fraction of sp³-hybridized carbons (Fsp3) is 0.297. The Morgan fingerprint density at radius 2 is 1.49 bits per heavy atom. The van der Waals surface area contributed by atoms with Crippen LogP contribution in [0.3, 0.4) is 0 Å². The second-order valence-corrected chi connectivity index (χ2v) is 14.1. The predicted octanol–water partition coefficient (Wildman–Crippen LogP) is 6.28. The van der Waals surface area contributed by atoms with Crippen LogP contribution in [0.5, 0.6) is 5.75 Å². The molecule has 8 nitrogen and oxygen atoms in total. The van der Waals surface area contributed by atoms with E-state index in [1.165, 1.54) is 23.1 Å². The van der Waals surface area contributed by atoms with Gasteiger partial charge in [-0.2, -0.15) is 0 Å². The van der Waals surface area contributed by atoms with Gasteiger partial charge in [0.1, 0.15) is 24.2 Å². The fourth-order valence-electron chi connectivity index (χ4n) is 5.11. The van der Waals surface area contributed by atoms with E-state index in [-0.39, 0.29) is 41.5 Å². The fourth-order valence-corrected chi connectivity index (χ4v) is 6.53. The molecule has 47 heavy (non-hydrogen) atoms. The van der Waals surface area contributed by atoms with Crippen LogP contribution in [0.1, 0.15) is 44.4 Å². The lowest BCUT2D eigenvalue weighted by Gasteiger charge is -2.35. The maximum Gasteiger partial charge on any atom is 0.264 e. The number of anilines is 1. The van der Waals surface area contributed by atoms with E-state index >= 15 is 4.39 Å². The highest BCUT2D eigenvalue weighted by molar-refractivity contribution is 7.92. The van der Waals surface area contributed by atoms with E-state index in [1.54, 1.807) is 61.5 Å². The van der Waals surface area contributed by atoms with Gasteiger partial charge in [0.2, 0.25) is 11.8 Å². The summed E-state index contributed by atoms with van der Waals surface area (Å²) in [6, 6.07) is 27.0. The largest absolute Gasteiger partial charge is 0.492 e. The number of hydrogen-bond donors (Lipinski definition) is 1. The number of carbonyl (C=O) groups is 2. The quantitative estimate of drug-likeness (QED) is 0.182. The molecule has 0 bridgehead atoms. The first kappa shape index (κ1) is 35.2. The van der Waals surface area contributed by atoms with Gasteiger partial charge in [-0.15, -0.1) is 0 Å². The van der Waals surface area contributed by atoms with Crippen molar-refractivity contribution >= 4 is 27.5 Å². The molecule has 1 N–H and O–H groups in total. The summed E-state index contributed by atoms with van der Waals surface area (Å²) >= 11 is 0. The molecular weight excluding hydrogens is 617 g/mol. The normalized spacial score (nSPS) is 12.2. The van der Waals surface area contributed by atoms with E-state index in [9.17, 15) is 18.0 Å². The summed E-state index contributed by atoms with van der Waals surface area (Å²) < 4.78 is 50.5.